The van der Waals surface area contributed by atoms with Gasteiger partial charge in [0.05, 0.1) is 11.3 Å². The summed E-state index contributed by atoms with van der Waals surface area (Å²) in [4.78, 5) is 28.2. The first-order valence-electron chi connectivity index (χ1n) is 13.3. The maximum absolute atomic E-state index is 13.8. The number of anilines is 1. The summed E-state index contributed by atoms with van der Waals surface area (Å²) < 4.78 is 0. The van der Waals surface area contributed by atoms with Crippen molar-refractivity contribution in [2.75, 3.05) is 70.4 Å². The molecule has 5 heterocycles. The third kappa shape index (κ3) is 5.56. The Morgan fingerprint density at radius 3 is 2.54 bits per heavy atom. The second-order valence-electron chi connectivity index (χ2n) is 10.2. The van der Waals surface area contributed by atoms with Crippen LogP contribution in [-0.4, -0.2) is 102 Å². The van der Waals surface area contributed by atoms with Gasteiger partial charge in [0, 0.05) is 76.0 Å². The number of piperidine rings is 2. The molecule has 5 rings (SSSR count). The molecule has 1 atom stereocenters. The maximum Gasteiger partial charge on any atom is 0.257 e. The van der Waals surface area contributed by atoms with Crippen LogP contribution in [0, 0.1) is 5.92 Å². The average Bonchev–Trinajstić information content (AvgIpc) is 3.48. The Labute approximate surface area is 213 Å². The van der Waals surface area contributed by atoms with Crippen LogP contribution in [0.1, 0.15) is 43.0 Å². The van der Waals surface area contributed by atoms with Crippen LogP contribution in [-0.2, 0) is 0 Å². The number of pyridine rings is 1. The highest BCUT2D eigenvalue weighted by Crippen LogP contribution is 2.31. The number of likely N-dealkylation sites (tertiary alicyclic amines) is 1. The van der Waals surface area contributed by atoms with Crippen LogP contribution in [0.4, 0.5) is 5.82 Å². The van der Waals surface area contributed by atoms with Gasteiger partial charge < -0.3 is 19.8 Å². The van der Waals surface area contributed by atoms with Crippen LogP contribution in [0.15, 0.2) is 29.0 Å². The number of amides is 1. The van der Waals surface area contributed by atoms with Crippen molar-refractivity contribution in [3.05, 3.63) is 34.5 Å². The van der Waals surface area contributed by atoms with Crippen molar-refractivity contribution < 1.29 is 9.90 Å². The predicted molar refractivity (Wildman–Crippen MR) is 142 cm³/mol. The second-order valence-corrected chi connectivity index (χ2v) is 11.0. The van der Waals surface area contributed by atoms with E-state index in [0.717, 1.165) is 102 Å². The minimum absolute atomic E-state index is 0.102. The van der Waals surface area contributed by atoms with Crippen LogP contribution in [0.3, 0.4) is 0 Å². The lowest BCUT2D eigenvalue weighted by Crippen LogP contribution is -2.53. The number of piperazine rings is 1. The number of nitrogens with zero attached hydrogens (tertiary/aromatic N) is 5. The Balaban J connectivity index is 1.31. The molecule has 1 N–H and O–H groups in total. The molecular formula is C27H39N5O2S. The molecule has 3 fully saturated rings. The standard InChI is InChI=1S/C27H39N5O2S/c1-2-29-13-15-30(16-14-29)23-7-11-31(12-8-23)27(34)24-5-6-25(22-9-17-35-20-22)28-26(24)32-10-3-4-21(18-32)19-33/h5-6,9,17,20-21,23,33H,2-4,7-8,10-16,18-19H2,1H3/t21-/m1/s1. The van der Waals surface area contributed by atoms with Crippen molar-refractivity contribution >= 4 is 23.1 Å². The molecule has 190 valence electrons. The van der Waals surface area contributed by atoms with E-state index < -0.39 is 0 Å². The molecule has 3 aliphatic heterocycles. The van der Waals surface area contributed by atoms with Gasteiger partial charge in [-0.1, -0.05) is 6.92 Å². The van der Waals surface area contributed by atoms with E-state index in [-0.39, 0.29) is 18.4 Å². The number of carbonyl (C=O) groups is 1. The van der Waals surface area contributed by atoms with Gasteiger partial charge in [-0.3, -0.25) is 9.69 Å². The van der Waals surface area contributed by atoms with Crippen molar-refractivity contribution in [2.24, 2.45) is 5.92 Å². The van der Waals surface area contributed by atoms with E-state index in [1.807, 2.05) is 17.0 Å². The first-order valence-corrected chi connectivity index (χ1v) is 14.3. The van der Waals surface area contributed by atoms with Gasteiger partial charge in [0.25, 0.3) is 5.91 Å². The number of thiophene rings is 1. The average molecular weight is 498 g/mol. The topological polar surface area (TPSA) is 63.2 Å². The Kier molecular flexibility index (Phi) is 8.02. The van der Waals surface area contributed by atoms with E-state index in [0.29, 0.717) is 11.6 Å². The Morgan fingerprint density at radius 2 is 1.86 bits per heavy atom. The van der Waals surface area contributed by atoms with Crippen molar-refractivity contribution in [2.45, 2.75) is 38.6 Å². The lowest BCUT2D eigenvalue weighted by molar-refractivity contribution is 0.0490. The van der Waals surface area contributed by atoms with Gasteiger partial charge in [0.1, 0.15) is 5.82 Å². The fourth-order valence-corrected chi connectivity index (χ4v) is 6.53. The molecule has 8 heteroatoms. The van der Waals surface area contributed by atoms with Crippen LogP contribution in [0.2, 0.25) is 0 Å². The van der Waals surface area contributed by atoms with E-state index in [1.54, 1.807) is 11.3 Å². The molecule has 0 radical (unpaired) electrons. The molecule has 7 nitrogen and oxygen atoms in total. The zero-order chi connectivity index (χ0) is 24.2. The number of likely N-dealkylation sites (N-methyl/N-ethyl adjacent to an activating group) is 1. The second kappa shape index (κ2) is 11.4. The van der Waals surface area contributed by atoms with E-state index in [9.17, 15) is 9.90 Å². The van der Waals surface area contributed by atoms with Crippen LogP contribution < -0.4 is 4.90 Å². The molecule has 3 saturated heterocycles. The molecule has 3 aliphatic rings. The molecule has 2 aromatic heterocycles. The number of carbonyl (C=O) groups excluding carboxylic acids is 1. The monoisotopic (exact) mass is 497 g/mol. The zero-order valence-corrected chi connectivity index (χ0v) is 21.8. The molecule has 0 aromatic carbocycles. The third-order valence-electron chi connectivity index (χ3n) is 8.12. The van der Waals surface area contributed by atoms with Gasteiger partial charge >= 0.3 is 0 Å². The lowest BCUT2D eigenvalue weighted by atomic mass is 9.98. The van der Waals surface area contributed by atoms with Gasteiger partial charge in [-0.2, -0.15) is 11.3 Å². The molecule has 0 bridgehead atoms. The highest BCUT2D eigenvalue weighted by Gasteiger charge is 2.32. The van der Waals surface area contributed by atoms with E-state index in [1.165, 1.54) is 0 Å². The third-order valence-corrected chi connectivity index (χ3v) is 8.80. The zero-order valence-electron chi connectivity index (χ0n) is 20.9. The summed E-state index contributed by atoms with van der Waals surface area (Å²) in [5.41, 5.74) is 2.71. The van der Waals surface area contributed by atoms with E-state index >= 15 is 0 Å². The van der Waals surface area contributed by atoms with Gasteiger partial charge in [0.15, 0.2) is 0 Å². The summed E-state index contributed by atoms with van der Waals surface area (Å²) in [5, 5.41) is 13.9. The quantitative estimate of drug-likeness (QED) is 0.661. The maximum atomic E-state index is 13.8. The minimum Gasteiger partial charge on any atom is -0.396 e. The molecule has 0 aliphatic carbocycles. The summed E-state index contributed by atoms with van der Waals surface area (Å²) >= 11 is 1.66. The predicted octanol–water partition coefficient (Wildman–Crippen LogP) is 3.26. The molecule has 0 spiro atoms. The summed E-state index contributed by atoms with van der Waals surface area (Å²) in [6, 6.07) is 6.64. The fraction of sp³-hybridized carbons (Fsp3) is 0.630. The largest absolute Gasteiger partial charge is 0.396 e. The fourth-order valence-electron chi connectivity index (χ4n) is 5.88. The molecular weight excluding hydrogens is 458 g/mol. The Morgan fingerprint density at radius 1 is 1.06 bits per heavy atom. The summed E-state index contributed by atoms with van der Waals surface area (Å²) in [7, 11) is 0. The summed E-state index contributed by atoms with van der Waals surface area (Å²) in [6.07, 6.45) is 4.13. The van der Waals surface area contributed by atoms with Gasteiger partial charge in [0.2, 0.25) is 0 Å². The van der Waals surface area contributed by atoms with Gasteiger partial charge in [-0.25, -0.2) is 4.98 Å². The number of aromatic nitrogens is 1. The van der Waals surface area contributed by atoms with E-state index in [4.69, 9.17) is 4.98 Å². The molecule has 0 unspecified atom stereocenters. The molecule has 35 heavy (non-hydrogen) atoms. The minimum atomic E-state index is 0.102. The van der Waals surface area contributed by atoms with Crippen LogP contribution in [0.5, 0.6) is 0 Å². The van der Waals surface area contributed by atoms with E-state index in [2.05, 4.69) is 38.4 Å². The number of aliphatic hydroxyl groups is 1. The highest BCUT2D eigenvalue weighted by atomic mass is 32.1. The normalized spacial score (nSPS) is 23.1. The van der Waals surface area contributed by atoms with Crippen molar-refractivity contribution in [1.29, 1.82) is 0 Å². The van der Waals surface area contributed by atoms with Gasteiger partial charge in [-0.05, 0) is 61.7 Å². The Bertz CT molecular complexity index is 968. The van der Waals surface area contributed by atoms with Crippen molar-refractivity contribution in [3.8, 4) is 11.3 Å². The first-order chi connectivity index (χ1) is 17.2. The summed E-state index contributed by atoms with van der Waals surface area (Å²) in [5.74, 6) is 1.13. The first kappa shape index (κ1) is 24.7. The molecule has 0 saturated carbocycles. The smallest absolute Gasteiger partial charge is 0.257 e. The van der Waals surface area contributed by atoms with Crippen LogP contribution in [0.25, 0.3) is 11.3 Å². The Hall–Kier alpha value is -2.00. The SMILES string of the molecule is CCN1CCN(C2CCN(C(=O)c3ccc(-c4ccsc4)nc3N3CCC[C@@H](CO)C3)CC2)CC1. The number of aliphatic hydroxyl groups excluding tert-OH is 1. The molecule has 1 amide bonds. The summed E-state index contributed by atoms with van der Waals surface area (Å²) in [6.45, 7) is 11.4. The lowest BCUT2D eigenvalue weighted by Gasteiger charge is -2.42. The number of rotatable bonds is 6. The number of hydrogen-bond acceptors (Lipinski definition) is 7. The number of hydrogen-bond donors (Lipinski definition) is 1. The van der Waals surface area contributed by atoms with Crippen molar-refractivity contribution in [3.63, 3.8) is 0 Å². The van der Waals surface area contributed by atoms with Gasteiger partial charge in [-0.15, -0.1) is 0 Å². The van der Waals surface area contributed by atoms with Crippen molar-refractivity contribution in [1.82, 2.24) is 19.7 Å². The molecule has 2 aromatic rings. The van der Waals surface area contributed by atoms with Crippen LogP contribution >= 0.6 is 11.3 Å². The highest BCUT2D eigenvalue weighted by molar-refractivity contribution is 7.08.